The van der Waals surface area contributed by atoms with Crippen LogP contribution >= 0.6 is 0 Å². The van der Waals surface area contributed by atoms with E-state index in [4.69, 9.17) is 0 Å². The maximum absolute atomic E-state index is 12.9. The van der Waals surface area contributed by atoms with Crippen LogP contribution in [0.15, 0.2) is 60.9 Å². The van der Waals surface area contributed by atoms with Gasteiger partial charge in [0.25, 0.3) is 0 Å². The standard InChI is InChI=1S/C22H21F3N6O/c23-22(24,25)17-4-1-3-16(13-17)14-21(32)31-11-9-30(10-12-31)20-7-6-19(28-29-20)27-18-5-2-8-26-15-18/h1-8,13,15H,9-12,14H2,(H,27,28). The van der Waals surface area contributed by atoms with Gasteiger partial charge in [-0.05, 0) is 35.9 Å². The first kappa shape index (κ1) is 21.5. The van der Waals surface area contributed by atoms with Gasteiger partial charge in [0.05, 0.1) is 23.9 Å². The summed E-state index contributed by atoms with van der Waals surface area (Å²) in [5.41, 5.74) is 0.421. The molecule has 166 valence electrons. The van der Waals surface area contributed by atoms with Crippen LogP contribution in [0.4, 0.5) is 30.5 Å². The lowest BCUT2D eigenvalue weighted by Gasteiger charge is -2.35. The molecule has 3 heterocycles. The highest BCUT2D eigenvalue weighted by atomic mass is 19.4. The number of benzene rings is 1. The maximum atomic E-state index is 12.9. The largest absolute Gasteiger partial charge is 0.416 e. The monoisotopic (exact) mass is 442 g/mol. The Morgan fingerprint density at radius 1 is 1.00 bits per heavy atom. The summed E-state index contributed by atoms with van der Waals surface area (Å²) in [5, 5.41) is 11.6. The number of aromatic nitrogens is 3. The van der Waals surface area contributed by atoms with Gasteiger partial charge >= 0.3 is 6.18 Å². The van der Waals surface area contributed by atoms with Gasteiger partial charge in [0.2, 0.25) is 5.91 Å². The number of carbonyl (C=O) groups excluding carboxylic acids is 1. The summed E-state index contributed by atoms with van der Waals surface area (Å²) in [4.78, 5) is 20.3. The van der Waals surface area contributed by atoms with Crippen molar-refractivity contribution in [1.82, 2.24) is 20.1 Å². The molecule has 7 nitrogen and oxygen atoms in total. The summed E-state index contributed by atoms with van der Waals surface area (Å²) in [6, 6.07) is 12.3. The van der Waals surface area contributed by atoms with E-state index in [1.54, 1.807) is 23.4 Å². The number of rotatable bonds is 5. The number of piperazine rings is 1. The minimum atomic E-state index is -4.42. The van der Waals surface area contributed by atoms with Crippen molar-refractivity contribution in [2.75, 3.05) is 36.4 Å². The fraction of sp³-hybridized carbons (Fsp3) is 0.273. The third-order valence-corrected chi connectivity index (χ3v) is 5.15. The first-order chi connectivity index (χ1) is 15.4. The van der Waals surface area contributed by atoms with Crippen molar-refractivity contribution in [2.24, 2.45) is 0 Å². The molecule has 2 aromatic heterocycles. The second kappa shape index (κ2) is 9.21. The fourth-order valence-electron chi connectivity index (χ4n) is 3.47. The molecule has 1 fully saturated rings. The Labute approximate surface area is 182 Å². The Morgan fingerprint density at radius 2 is 1.81 bits per heavy atom. The van der Waals surface area contributed by atoms with Crippen molar-refractivity contribution in [3.05, 3.63) is 72.1 Å². The van der Waals surface area contributed by atoms with E-state index in [-0.39, 0.29) is 12.3 Å². The zero-order chi connectivity index (χ0) is 22.6. The van der Waals surface area contributed by atoms with Crippen molar-refractivity contribution in [3.8, 4) is 0 Å². The molecule has 3 aromatic rings. The van der Waals surface area contributed by atoms with E-state index in [2.05, 4.69) is 20.5 Å². The number of halogens is 3. The highest BCUT2D eigenvalue weighted by molar-refractivity contribution is 5.79. The molecule has 0 radical (unpaired) electrons. The lowest BCUT2D eigenvalue weighted by molar-refractivity contribution is -0.138. The van der Waals surface area contributed by atoms with E-state index >= 15 is 0 Å². The molecule has 1 N–H and O–H groups in total. The predicted molar refractivity (Wildman–Crippen MR) is 113 cm³/mol. The summed E-state index contributed by atoms with van der Waals surface area (Å²) in [6.07, 6.45) is -1.11. The third-order valence-electron chi connectivity index (χ3n) is 5.15. The lowest BCUT2D eigenvalue weighted by Crippen LogP contribution is -2.49. The van der Waals surface area contributed by atoms with Gasteiger partial charge in [-0.3, -0.25) is 9.78 Å². The second-order valence-electron chi connectivity index (χ2n) is 7.39. The molecule has 0 bridgehead atoms. The molecule has 1 saturated heterocycles. The third kappa shape index (κ3) is 5.32. The maximum Gasteiger partial charge on any atom is 0.416 e. The fourth-order valence-corrected chi connectivity index (χ4v) is 3.47. The van der Waals surface area contributed by atoms with Crippen molar-refractivity contribution >= 4 is 23.2 Å². The van der Waals surface area contributed by atoms with Gasteiger partial charge in [0.1, 0.15) is 0 Å². The SMILES string of the molecule is O=C(Cc1cccc(C(F)(F)F)c1)N1CCN(c2ccc(Nc3cccnc3)nn2)CC1. The number of hydrogen-bond acceptors (Lipinski definition) is 6. The highest BCUT2D eigenvalue weighted by Gasteiger charge is 2.30. The Hall–Kier alpha value is -3.69. The number of amides is 1. The van der Waals surface area contributed by atoms with Crippen LogP contribution in [0.3, 0.4) is 0 Å². The van der Waals surface area contributed by atoms with Crippen LogP contribution in [0, 0.1) is 0 Å². The summed E-state index contributed by atoms with van der Waals surface area (Å²) < 4.78 is 38.6. The van der Waals surface area contributed by atoms with Crippen LogP contribution in [0.5, 0.6) is 0 Å². The quantitative estimate of drug-likeness (QED) is 0.652. The van der Waals surface area contributed by atoms with E-state index in [1.807, 2.05) is 29.2 Å². The number of carbonyl (C=O) groups is 1. The lowest BCUT2D eigenvalue weighted by atomic mass is 10.1. The molecule has 10 heteroatoms. The van der Waals surface area contributed by atoms with Gasteiger partial charge in [-0.2, -0.15) is 13.2 Å². The van der Waals surface area contributed by atoms with Crippen molar-refractivity contribution in [3.63, 3.8) is 0 Å². The number of nitrogens with one attached hydrogen (secondary N) is 1. The molecule has 0 atom stereocenters. The summed E-state index contributed by atoms with van der Waals surface area (Å²) in [5.74, 6) is 1.11. The Bertz CT molecular complexity index is 1050. The highest BCUT2D eigenvalue weighted by Crippen LogP contribution is 2.29. The average molecular weight is 442 g/mol. The minimum Gasteiger partial charge on any atom is -0.352 e. The van der Waals surface area contributed by atoms with Crippen LogP contribution < -0.4 is 10.2 Å². The summed E-state index contributed by atoms with van der Waals surface area (Å²) in [6.45, 7) is 2.07. The van der Waals surface area contributed by atoms with Gasteiger partial charge in [0.15, 0.2) is 11.6 Å². The Morgan fingerprint density at radius 3 is 2.47 bits per heavy atom. The smallest absolute Gasteiger partial charge is 0.352 e. The molecule has 0 aliphatic carbocycles. The van der Waals surface area contributed by atoms with Crippen LogP contribution in [0.25, 0.3) is 0 Å². The summed E-state index contributed by atoms with van der Waals surface area (Å²) in [7, 11) is 0. The summed E-state index contributed by atoms with van der Waals surface area (Å²) >= 11 is 0. The van der Waals surface area contributed by atoms with Crippen molar-refractivity contribution in [1.29, 1.82) is 0 Å². The number of pyridine rings is 1. The number of alkyl halides is 3. The van der Waals surface area contributed by atoms with Gasteiger partial charge < -0.3 is 15.1 Å². The Balaban J connectivity index is 1.30. The zero-order valence-electron chi connectivity index (χ0n) is 17.1. The molecule has 1 aliphatic heterocycles. The predicted octanol–water partition coefficient (Wildman–Crippen LogP) is 3.53. The molecule has 0 spiro atoms. The van der Waals surface area contributed by atoms with E-state index in [9.17, 15) is 18.0 Å². The molecule has 0 unspecified atom stereocenters. The van der Waals surface area contributed by atoms with Crippen molar-refractivity contribution in [2.45, 2.75) is 12.6 Å². The average Bonchev–Trinajstić information content (AvgIpc) is 2.80. The normalized spacial score (nSPS) is 14.3. The van der Waals surface area contributed by atoms with E-state index in [1.165, 1.54) is 6.07 Å². The topological polar surface area (TPSA) is 74.2 Å². The van der Waals surface area contributed by atoms with Gasteiger partial charge in [-0.25, -0.2) is 0 Å². The molecule has 32 heavy (non-hydrogen) atoms. The molecule has 1 aliphatic rings. The Kier molecular flexibility index (Phi) is 6.20. The van der Waals surface area contributed by atoms with Crippen molar-refractivity contribution < 1.29 is 18.0 Å². The van der Waals surface area contributed by atoms with E-state index < -0.39 is 11.7 Å². The molecular formula is C22H21F3N6O. The van der Waals surface area contributed by atoms with Gasteiger partial charge in [-0.1, -0.05) is 18.2 Å². The number of anilines is 3. The van der Waals surface area contributed by atoms with Crippen LogP contribution in [-0.4, -0.2) is 52.2 Å². The van der Waals surface area contributed by atoms with Crippen LogP contribution in [0.2, 0.25) is 0 Å². The molecule has 1 amide bonds. The first-order valence-electron chi connectivity index (χ1n) is 10.1. The number of nitrogens with zero attached hydrogens (tertiary/aromatic N) is 5. The minimum absolute atomic E-state index is 0.0571. The first-order valence-corrected chi connectivity index (χ1v) is 10.1. The van der Waals surface area contributed by atoms with E-state index in [0.717, 1.165) is 17.8 Å². The molecule has 4 rings (SSSR count). The van der Waals surface area contributed by atoms with Crippen LogP contribution in [-0.2, 0) is 17.4 Å². The number of hydrogen-bond donors (Lipinski definition) is 1. The molecule has 1 aromatic carbocycles. The van der Waals surface area contributed by atoms with Gasteiger partial charge in [0, 0.05) is 32.4 Å². The second-order valence-corrected chi connectivity index (χ2v) is 7.39. The molecule has 0 saturated carbocycles. The van der Waals surface area contributed by atoms with Gasteiger partial charge in [-0.15, -0.1) is 10.2 Å². The molecular weight excluding hydrogens is 421 g/mol. The zero-order valence-corrected chi connectivity index (χ0v) is 17.1. The van der Waals surface area contributed by atoms with Crippen LogP contribution in [0.1, 0.15) is 11.1 Å². The van der Waals surface area contributed by atoms with E-state index in [0.29, 0.717) is 43.4 Å².